The largest absolute Gasteiger partial charge is 0.388 e. The van der Waals surface area contributed by atoms with E-state index in [9.17, 15) is 9.90 Å². The van der Waals surface area contributed by atoms with Crippen LogP contribution in [-0.4, -0.2) is 55.3 Å². The Labute approximate surface area is 225 Å². The Morgan fingerprint density at radius 3 is 2.44 bits per heavy atom. The third kappa shape index (κ3) is 8.07. The van der Waals surface area contributed by atoms with Gasteiger partial charge < -0.3 is 25.4 Å². The van der Waals surface area contributed by atoms with Gasteiger partial charge in [-0.05, 0) is 67.5 Å². The number of nitrogens with one attached hydrogen (secondary N) is 1. The second kappa shape index (κ2) is 14.2. The molecule has 8 heteroatoms. The highest BCUT2D eigenvalue weighted by atomic mass is 32.2. The number of benzene rings is 2. The molecule has 0 radical (unpaired) electrons. The molecule has 0 atom stereocenters. The number of nitrogens with zero attached hydrogens (tertiary/aromatic N) is 2. The Balaban J connectivity index is 1.66. The molecule has 2 aromatic rings. The normalized spacial score (nSPS) is 15.1. The van der Waals surface area contributed by atoms with E-state index in [2.05, 4.69) is 35.3 Å². The number of rotatable bonds is 13. The third-order valence-corrected chi connectivity index (χ3v) is 8.75. The van der Waals surface area contributed by atoms with Crippen molar-refractivity contribution in [3.63, 3.8) is 0 Å². The van der Waals surface area contributed by atoms with E-state index in [0.717, 1.165) is 22.8 Å². The summed E-state index contributed by atoms with van der Waals surface area (Å²) in [5.41, 5.74) is 8.26. The lowest BCUT2D eigenvalue weighted by Gasteiger charge is -2.39. The van der Waals surface area contributed by atoms with Crippen LogP contribution in [0.1, 0.15) is 62.2 Å². The van der Waals surface area contributed by atoms with E-state index < -0.39 is 5.60 Å². The quantitative estimate of drug-likeness (QED) is 0.166. The summed E-state index contributed by atoms with van der Waals surface area (Å²) in [6.07, 6.45) is 9.71. The fourth-order valence-corrected chi connectivity index (χ4v) is 5.66. The van der Waals surface area contributed by atoms with Crippen molar-refractivity contribution in [3.05, 3.63) is 48.0 Å². The van der Waals surface area contributed by atoms with Gasteiger partial charge in [0.2, 0.25) is 0 Å². The van der Waals surface area contributed by atoms with E-state index in [0.29, 0.717) is 31.5 Å². The number of nitrogens with two attached hydrogens (primary N) is 1. The van der Waals surface area contributed by atoms with E-state index >= 15 is 0 Å². The summed E-state index contributed by atoms with van der Waals surface area (Å²) in [5, 5.41) is 13.6. The number of hydrogen-bond acceptors (Lipinski definition) is 7. The maximum absolute atomic E-state index is 13.4. The number of carbonyl (C=O) groups excluding carboxylic acids is 1. The lowest BCUT2D eigenvalue weighted by atomic mass is 9.91. The van der Waals surface area contributed by atoms with Gasteiger partial charge in [0, 0.05) is 49.2 Å². The molecule has 1 aliphatic heterocycles. The highest BCUT2D eigenvalue weighted by Gasteiger charge is 2.31. The SMILES string of the molecule is CCCCCCCSc1ccc(NC(=O)c2cc(N3CCC(O)(CN)CC3)ccc2N(C)SC)cc1. The van der Waals surface area contributed by atoms with Crippen LogP contribution in [0.5, 0.6) is 0 Å². The number of carbonyl (C=O) groups is 1. The lowest BCUT2D eigenvalue weighted by Crippen LogP contribution is -2.48. The number of unbranched alkanes of at least 4 members (excludes halogenated alkanes) is 4. The van der Waals surface area contributed by atoms with Crippen LogP contribution in [-0.2, 0) is 0 Å². The summed E-state index contributed by atoms with van der Waals surface area (Å²) in [6.45, 7) is 3.95. The maximum atomic E-state index is 13.4. The number of piperidine rings is 1. The van der Waals surface area contributed by atoms with E-state index in [1.54, 1.807) is 11.9 Å². The van der Waals surface area contributed by atoms with E-state index in [1.807, 2.05) is 53.6 Å². The Kier molecular flexibility index (Phi) is 11.3. The topological polar surface area (TPSA) is 81.8 Å². The van der Waals surface area contributed by atoms with Crippen molar-refractivity contribution in [2.45, 2.75) is 62.4 Å². The van der Waals surface area contributed by atoms with E-state index in [-0.39, 0.29) is 12.5 Å². The Bertz CT molecular complexity index is 963. The minimum atomic E-state index is -0.783. The Morgan fingerprint density at radius 2 is 1.81 bits per heavy atom. The molecule has 0 aliphatic carbocycles. The van der Waals surface area contributed by atoms with Gasteiger partial charge in [0.05, 0.1) is 16.9 Å². The van der Waals surface area contributed by atoms with E-state index in [4.69, 9.17) is 5.73 Å². The minimum Gasteiger partial charge on any atom is -0.388 e. The Hall–Kier alpha value is -1.87. The van der Waals surface area contributed by atoms with Crippen molar-refractivity contribution in [1.29, 1.82) is 0 Å². The van der Waals surface area contributed by atoms with Gasteiger partial charge in [0.25, 0.3) is 5.91 Å². The molecule has 2 aromatic carbocycles. The first-order valence-electron chi connectivity index (χ1n) is 13.0. The molecule has 1 saturated heterocycles. The van der Waals surface area contributed by atoms with Crippen LogP contribution in [0.2, 0.25) is 0 Å². The minimum absolute atomic E-state index is 0.125. The molecule has 1 aliphatic rings. The molecule has 1 fully saturated rings. The van der Waals surface area contributed by atoms with Crippen LogP contribution < -0.4 is 20.3 Å². The molecular weight excluding hydrogens is 488 g/mol. The van der Waals surface area contributed by atoms with Crippen LogP contribution >= 0.6 is 23.7 Å². The maximum Gasteiger partial charge on any atom is 0.257 e. The van der Waals surface area contributed by atoms with Gasteiger partial charge in [-0.15, -0.1) is 11.8 Å². The first kappa shape index (κ1) is 28.7. The smallest absolute Gasteiger partial charge is 0.257 e. The summed E-state index contributed by atoms with van der Waals surface area (Å²) in [4.78, 5) is 16.8. The zero-order chi connectivity index (χ0) is 26.0. The summed E-state index contributed by atoms with van der Waals surface area (Å²) < 4.78 is 2.00. The number of hydrogen-bond donors (Lipinski definition) is 3. The van der Waals surface area contributed by atoms with Crippen molar-refractivity contribution in [1.82, 2.24) is 0 Å². The van der Waals surface area contributed by atoms with E-state index in [1.165, 1.54) is 37.0 Å². The molecule has 3 rings (SSSR count). The van der Waals surface area contributed by atoms with Crippen LogP contribution in [0, 0.1) is 0 Å². The van der Waals surface area contributed by atoms with Gasteiger partial charge >= 0.3 is 0 Å². The van der Waals surface area contributed by atoms with Gasteiger partial charge in [-0.3, -0.25) is 4.79 Å². The van der Waals surface area contributed by atoms with Gasteiger partial charge in [0.15, 0.2) is 0 Å². The average Bonchev–Trinajstić information content (AvgIpc) is 2.91. The molecule has 4 N–H and O–H groups in total. The van der Waals surface area contributed by atoms with Crippen molar-refractivity contribution >= 4 is 46.7 Å². The molecular formula is C28H42N4O2S2. The molecule has 0 saturated carbocycles. The molecule has 0 bridgehead atoms. The second-order valence-corrected chi connectivity index (χ2v) is 11.6. The molecule has 198 valence electrons. The number of aliphatic hydroxyl groups is 1. The monoisotopic (exact) mass is 530 g/mol. The number of thioether (sulfide) groups is 1. The zero-order valence-electron chi connectivity index (χ0n) is 22.0. The number of amides is 1. The van der Waals surface area contributed by atoms with Gasteiger partial charge in [-0.25, -0.2) is 0 Å². The summed E-state index contributed by atoms with van der Waals surface area (Å²) in [5.74, 6) is 1.01. The molecule has 1 heterocycles. The average molecular weight is 531 g/mol. The molecule has 0 aromatic heterocycles. The standard InChI is InChI=1S/C28H42N4O2S2/c1-4-5-6-7-8-19-36-24-12-9-22(10-13-24)30-27(33)25-20-23(11-14-26(25)31(2)35-3)32-17-15-28(34,21-29)16-18-32/h9-14,20,34H,4-8,15-19,21,29H2,1-3H3,(H,30,33). The molecule has 0 unspecified atom stereocenters. The van der Waals surface area contributed by atoms with Gasteiger partial charge in [-0.1, -0.05) is 44.6 Å². The van der Waals surface area contributed by atoms with Crippen molar-refractivity contribution < 1.29 is 9.90 Å². The van der Waals surface area contributed by atoms with Gasteiger partial charge in [-0.2, -0.15) is 0 Å². The second-order valence-electron chi connectivity index (χ2n) is 9.54. The molecule has 36 heavy (non-hydrogen) atoms. The summed E-state index contributed by atoms with van der Waals surface area (Å²) in [6, 6.07) is 14.2. The van der Waals surface area contributed by atoms with Crippen molar-refractivity contribution in [3.8, 4) is 0 Å². The van der Waals surface area contributed by atoms with Crippen LogP contribution in [0.4, 0.5) is 17.1 Å². The first-order valence-corrected chi connectivity index (χ1v) is 15.2. The zero-order valence-corrected chi connectivity index (χ0v) is 23.6. The highest BCUT2D eigenvalue weighted by molar-refractivity contribution is 8.00. The van der Waals surface area contributed by atoms with Gasteiger partial charge in [0.1, 0.15) is 0 Å². The number of anilines is 3. The van der Waals surface area contributed by atoms with Crippen molar-refractivity contribution in [2.24, 2.45) is 5.73 Å². The van der Waals surface area contributed by atoms with Crippen LogP contribution in [0.3, 0.4) is 0 Å². The Morgan fingerprint density at radius 1 is 1.11 bits per heavy atom. The van der Waals surface area contributed by atoms with Crippen LogP contribution in [0.15, 0.2) is 47.4 Å². The molecule has 6 nitrogen and oxygen atoms in total. The predicted octanol–water partition coefficient (Wildman–Crippen LogP) is 6.01. The predicted molar refractivity (Wildman–Crippen MR) is 158 cm³/mol. The lowest BCUT2D eigenvalue weighted by molar-refractivity contribution is 0.0250. The fraction of sp³-hybridized carbons (Fsp3) is 0.536. The van der Waals surface area contributed by atoms with Crippen LogP contribution in [0.25, 0.3) is 0 Å². The highest BCUT2D eigenvalue weighted by Crippen LogP contribution is 2.32. The third-order valence-electron chi connectivity index (χ3n) is 6.91. The van der Waals surface area contributed by atoms with Crippen molar-refractivity contribution in [2.75, 3.05) is 53.2 Å². The molecule has 0 spiro atoms. The summed E-state index contributed by atoms with van der Waals surface area (Å²) >= 11 is 3.44. The fourth-order valence-electron chi connectivity index (χ4n) is 4.39. The first-order chi connectivity index (χ1) is 17.4. The molecule has 1 amide bonds. The summed E-state index contributed by atoms with van der Waals surface area (Å²) in [7, 11) is 1.97.